The molecule has 1 aliphatic rings. The second-order valence-electron chi connectivity index (χ2n) is 6.03. The maximum absolute atomic E-state index is 12.7. The molecule has 1 aromatic carbocycles. The zero-order valence-corrected chi connectivity index (χ0v) is 17.0. The van der Waals surface area contributed by atoms with Crippen LogP contribution in [0.25, 0.3) is 17.0 Å². The van der Waals surface area contributed by atoms with Crippen molar-refractivity contribution in [3.63, 3.8) is 0 Å². The molecule has 3 heterocycles. The first-order valence-electron chi connectivity index (χ1n) is 8.56. The van der Waals surface area contributed by atoms with E-state index in [1.54, 1.807) is 23.4 Å². The van der Waals surface area contributed by atoms with E-state index in [0.717, 1.165) is 22.3 Å². The molecule has 1 amide bonds. The normalized spacial score (nSPS) is 15.6. The zero-order valence-electron chi connectivity index (χ0n) is 14.6. The summed E-state index contributed by atoms with van der Waals surface area (Å²) in [6, 6.07) is 13.1. The van der Waals surface area contributed by atoms with Gasteiger partial charge in [0.25, 0.3) is 5.91 Å². The van der Waals surface area contributed by atoms with Gasteiger partial charge in [-0.2, -0.15) is 0 Å². The first-order chi connectivity index (χ1) is 13.6. The van der Waals surface area contributed by atoms with Gasteiger partial charge in [0.1, 0.15) is 4.32 Å². The number of benzene rings is 1. The van der Waals surface area contributed by atoms with Gasteiger partial charge in [0.15, 0.2) is 0 Å². The van der Waals surface area contributed by atoms with Gasteiger partial charge in [0, 0.05) is 41.6 Å². The van der Waals surface area contributed by atoms with E-state index in [4.69, 9.17) is 23.8 Å². The average molecular weight is 427 g/mol. The van der Waals surface area contributed by atoms with Gasteiger partial charge in [-0.3, -0.25) is 19.7 Å². The van der Waals surface area contributed by atoms with Gasteiger partial charge < -0.3 is 5.32 Å². The molecule has 0 aliphatic carbocycles. The first kappa shape index (κ1) is 18.9. The summed E-state index contributed by atoms with van der Waals surface area (Å²) in [5, 5.41) is 4.99. The van der Waals surface area contributed by atoms with Crippen LogP contribution in [-0.2, 0) is 4.79 Å². The number of amides is 1. The number of pyridine rings is 2. The van der Waals surface area contributed by atoms with E-state index < -0.39 is 0 Å². The molecule has 140 valence electrons. The summed E-state index contributed by atoms with van der Waals surface area (Å²) in [6.45, 7) is 1.03. The molecule has 8 heteroatoms. The van der Waals surface area contributed by atoms with E-state index in [0.29, 0.717) is 27.3 Å². The van der Waals surface area contributed by atoms with Crippen molar-refractivity contribution >= 4 is 68.5 Å². The molecular weight excluding hydrogens is 412 g/mol. The lowest BCUT2D eigenvalue weighted by Crippen LogP contribution is -2.32. The van der Waals surface area contributed by atoms with E-state index in [1.165, 1.54) is 11.8 Å². The number of fused-ring (bicyclic) bond motifs is 1. The number of carbonyl (C=O) groups excluding carboxylic acids is 1. The Balaban J connectivity index is 1.44. The van der Waals surface area contributed by atoms with Gasteiger partial charge in [0.05, 0.1) is 16.1 Å². The van der Waals surface area contributed by atoms with Gasteiger partial charge in [-0.15, -0.1) is 0 Å². The minimum absolute atomic E-state index is 0.0891. The van der Waals surface area contributed by atoms with Crippen LogP contribution in [0.3, 0.4) is 0 Å². The number of thiocarbonyl (C=S) groups is 1. The average Bonchev–Trinajstić information content (AvgIpc) is 2.96. The van der Waals surface area contributed by atoms with Crippen molar-refractivity contribution in [1.82, 2.24) is 14.9 Å². The third-order valence-electron chi connectivity index (χ3n) is 4.20. The second kappa shape index (κ2) is 8.26. The molecule has 2 aromatic heterocycles. The van der Waals surface area contributed by atoms with Crippen LogP contribution >= 0.6 is 35.6 Å². The van der Waals surface area contributed by atoms with Crippen molar-refractivity contribution in [3.8, 4) is 0 Å². The van der Waals surface area contributed by atoms with Crippen LogP contribution in [0.4, 0.5) is 5.69 Å². The minimum Gasteiger partial charge on any atom is -0.383 e. The monoisotopic (exact) mass is 426 g/mol. The molecule has 0 unspecified atom stereocenters. The number of halogens is 1. The minimum atomic E-state index is -0.0891. The predicted molar refractivity (Wildman–Crippen MR) is 119 cm³/mol. The molecule has 28 heavy (non-hydrogen) atoms. The SMILES string of the molecule is O=C1/C(=C/c2ccccn2)SC(=S)N1CCNc1ccnc2cc(Cl)ccc12. The molecule has 0 spiro atoms. The van der Waals surface area contributed by atoms with Crippen LogP contribution in [0.2, 0.25) is 5.02 Å². The van der Waals surface area contributed by atoms with E-state index in [1.807, 2.05) is 42.5 Å². The number of hydrogen-bond acceptors (Lipinski definition) is 6. The highest BCUT2D eigenvalue weighted by atomic mass is 35.5. The third kappa shape index (κ3) is 4.01. The summed E-state index contributed by atoms with van der Waals surface area (Å²) in [4.78, 5) is 23.5. The zero-order chi connectivity index (χ0) is 19.5. The predicted octanol–water partition coefficient (Wildman–Crippen LogP) is 4.60. The first-order valence-corrected chi connectivity index (χ1v) is 10.2. The quantitative estimate of drug-likeness (QED) is 0.475. The molecule has 0 atom stereocenters. The Labute approximate surface area is 176 Å². The van der Waals surface area contributed by atoms with E-state index in [2.05, 4.69) is 15.3 Å². The van der Waals surface area contributed by atoms with Gasteiger partial charge in [0.2, 0.25) is 0 Å². The van der Waals surface area contributed by atoms with Gasteiger partial charge in [-0.25, -0.2) is 0 Å². The molecule has 1 N–H and O–H groups in total. The fourth-order valence-electron chi connectivity index (χ4n) is 2.87. The largest absolute Gasteiger partial charge is 0.383 e. The van der Waals surface area contributed by atoms with Crippen molar-refractivity contribution in [2.75, 3.05) is 18.4 Å². The Kier molecular flexibility index (Phi) is 5.57. The van der Waals surface area contributed by atoms with Crippen LogP contribution < -0.4 is 5.32 Å². The van der Waals surface area contributed by atoms with Crippen molar-refractivity contribution in [2.45, 2.75) is 0 Å². The Bertz CT molecular complexity index is 1090. The highest BCUT2D eigenvalue weighted by Crippen LogP contribution is 2.32. The number of anilines is 1. The van der Waals surface area contributed by atoms with E-state index >= 15 is 0 Å². The summed E-state index contributed by atoms with van der Waals surface area (Å²) >= 11 is 12.7. The van der Waals surface area contributed by atoms with Crippen LogP contribution in [0.1, 0.15) is 5.69 Å². The maximum Gasteiger partial charge on any atom is 0.266 e. The number of aromatic nitrogens is 2. The molecule has 5 nitrogen and oxygen atoms in total. The van der Waals surface area contributed by atoms with Crippen molar-refractivity contribution in [3.05, 3.63) is 70.5 Å². The molecular formula is C20H15ClN4OS2. The van der Waals surface area contributed by atoms with E-state index in [9.17, 15) is 4.79 Å². The standard InChI is InChI=1S/C20H15ClN4OS2/c21-13-4-5-15-16(6-8-23-17(15)11-13)24-9-10-25-19(26)18(28-20(25)27)12-14-3-1-2-7-22-14/h1-8,11-12H,9-10H2,(H,23,24)/b18-12-. The summed E-state index contributed by atoms with van der Waals surface area (Å²) in [5.41, 5.74) is 2.50. The fraction of sp³-hybridized carbons (Fsp3) is 0.100. The molecule has 0 saturated carbocycles. The molecule has 1 aliphatic heterocycles. The van der Waals surface area contributed by atoms with Gasteiger partial charge in [-0.1, -0.05) is 41.6 Å². The van der Waals surface area contributed by atoms with Crippen molar-refractivity contribution in [1.29, 1.82) is 0 Å². The number of nitrogens with zero attached hydrogens (tertiary/aromatic N) is 3. The number of carbonyl (C=O) groups is 1. The summed E-state index contributed by atoms with van der Waals surface area (Å²) in [6.07, 6.45) is 5.20. The van der Waals surface area contributed by atoms with Crippen molar-refractivity contribution < 1.29 is 4.79 Å². The number of thioether (sulfide) groups is 1. The topological polar surface area (TPSA) is 58.1 Å². The van der Waals surface area contributed by atoms with Crippen molar-refractivity contribution in [2.24, 2.45) is 0 Å². The smallest absolute Gasteiger partial charge is 0.266 e. The van der Waals surface area contributed by atoms with Crippen LogP contribution in [0, 0.1) is 0 Å². The molecule has 1 fully saturated rings. The third-order valence-corrected chi connectivity index (χ3v) is 5.81. The molecule has 0 radical (unpaired) electrons. The molecule has 3 aromatic rings. The van der Waals surface area contributed by atoms with Gasteiger partial charge in [-0.05, 0) is 42.5 Å². The number of rotatable bonds is 5. The Morgan fingerprint density at radius 2 is 2.07 bits per heavy atom. The Hall–Kier alpha value is -2.48. The lowest BCUT2D eigenvalue weighted by Gasteiger charge is -2.16. The van der Waals surface area contributed by atoms with Crippen LogP contribution in [0.5, 0.6) is 0 Å². The lowest BCUT2D eigenvalue weighted by molar-refractivity contribution is -0.122. The second-order valence-corrected chi connectivity index (χ2v) is 8.15. The van der Waals surface area contributed by atoms with Crippen LogP contribution in [0.15, 0.2) is 59.8 Å². The lowest BCUT2D eigenvalue weighted by atomic mass is 10.2. The van der Waals surface area contributed by atoms with Crippen LogP contribution in [-0.4, -0.2) is 38.2 Å². The van der Waals surface area contributed by atoms with Gasteiger partial charge >= 0.3 is 0 Å². The fourth-order valence-corrected chi connectivity index (χ4v) is 4.33. The summed E-state index contributed by atoms with van der Waals surface area (Å²) in [7, 11) is 0. The summed E-state index contributed by atoms with van der Waals surface area (Å²) in [5.74, 6) is -0.0891. The number of hydrogen-bond donors (Lipinski definition) is 1. The molecule has 0 bridgehead atoms. The highest BCUT2D eigenvalue weighted by molar-refractivity contribution is 8.26. The number of nitrogens with one attached hydrogen (secondary N) is 1. The Morgan fingerprint density at radius 1 is 1.18 bits per heavy atom. The maximum atomic E-state index is 12.7. The molecule has 4 rings (SSSR count). The molecule has 1 saturated heterocycles. The van der Waals surface area contributed by atoms with E-state index in [-0.39, 0.29) is 5.91 Å². The Morgan fingerprint density at radius 3 is 2.89 bits per heavy atom. The summed E-state index contributed by atoms with van der Waals surface area (Å²) < 4.78 is 0.556. The highest BCUT2D eigenvalue weighted by Gasteiger charge is 2.31.